The van der Waals surface area contributed by atoms with Gasteiger partial charge in [-0.1, -0.05) is 18.2 Å². The van der Waals surface area contributed by atoms with E-state index in [1.165, 1.54) is 12.3 Å². The molecular formula is C32H31FN6O3. The number of carbonyl (C=O) groups excluding carboxylic acids is 1. The van der Waals surface area contributed by atoms with Gasteiger partial charge in [0.25, 0.3) is 5.91 Å². The maximum Gasteiger partial charge on any atom is 0.261 e. The highest BCUT2D eigenvalue weighted by Crippen LogP contribution is 2.42. The first-order valence-corrected chi connectivity index (χ1v) is 14.4. The lowest BCUT2D eigenvalue weighted by molar-refractivity contribution is 0.0976. The quantitative estimate of drug-likeness (QED) is 0.328. The predicted octanol–water partition coefficient (Wildman–Crippen LogP) is 4.83. The lowest BCUT2D eigenvalue weighted by atomic mass is 9.93. The third kappa shape index (κ3) is 5.08. The number of aliphatic hydroxyl groups excluding tert-OH is 1. The molecule has 3 aromatic carbocycles. The van der Waals surface area contributed by atoms with Gasteiger partial charge in [-0.25, -0.2) is 9.37 Å². The van der Waals surface area contributed by atoms with Crippen molar-refractivity contribution in [2.24, 2.45) is 0 Å². The number of nitrogens with one attached hydrogen (secondary N) is 1. The van der Waals surface area contributed by atoms with Crippen molar-refractivity contribution in [2.75, 3.05) is 48.0 Å². The molecule has 2 fully saturated rings. The maximum absolute atomic E-state index is 15.2. The molecule has 1 saturated heterocycles. The van der Waals surface area contributed by atoms with Crippen LogP contribution in [0, 0.1) is 5.82 Å². The summed E-state index contributed by atoms with van der Waals surface area (Å²) in [5, 5.41) is 22.0. The Morgan fingerprint density at radius 1 is 1.05 bits per heavy atom. The molecule has 10 heteroatoms. The molecule has 1 aromatic heterocycles. The first-order valence-electron chi connectivity index (χ1n) is 14.4. The fraction of sp³-hybridized carbons (Fsp3) is 0.312. The van der Waals surface area contributed by atoms with E-state index in [4.69, 9.17) is 4.74 Å². The Labute approximate surface area is 243 Å². The Balaban J connectivity index is 1.14. The number of carbonyl (C=O) groups is 1. The third-order valence-corrected chi connectivity index (χ3v) is 8.24. The van der Waals surface area contributed by atoms with Crippen molar-refractivity contribution >= 4 is 28.9 Å². The molecule has 42 heavy (non-hydrogen) atoms. The number of aromatic nitrogens is 3. The summed E-state index contributed by atoms with van der Waals surface area (Å²) in [7, 11) is 0. The van der Waals surface area contributed by atoms with Gasteiger partial charge < -0.3 is 25.0 Å². The smallest absolute Gasteiger partial charge is 0.261 e. The molecule has 7 rings (SSSR count). The van der Waals surface area contributed by atoms with E-state index in [9.17, 15) is 9.90 Å². The summed E-state index contributed by atoms with van der Waals surface area (Å²) in [5.74, 6) is -0.158. The summed E-state index contributed by atoms with van der Waals surface area (Å²) in [5.41, 5.74) is 5.97. The average Bonchev–Trinajstić information content (AvgIpc) is 3.88. The van der Waals surface area contributed by atoms with Gasteiger partial charge in [-0.05, 0) is 72.7 Å². The normalized spacial score (nSPS) is 16.9. The van der Waals surface area contributed by atoms with Crippen molar-refractivity contribution in [2.45, 2.75) is 31.8 Å². The number of rotatable bonds is 7. The molecule has 214 valence electrons. The number of hydrogen-bond acceptors (Lipinski definition) is 8. The molecule has 2 N–H and O–H groups in total. The van der Waals surface area contributed by atoms with Crippen LogP contribution in [0.4, 0.5) is 27.4 Å². The van der Waals surface area contributed by atoms with Gasteiger partial charge in [-0.2, -0.15) is 5.10 Å². The lowest BCUT2D eigenvalue weighted by Crippen LogP contribution is -2.39. The first-order chi connectivity index (χ1) is 20.6. The summed E-state index contributed by atoms with van der Waals surface area (Å²) >= 11 is 0. The average molecular weight is 567 g/mol. The Bertz CT molecular complexity index is 1640. The van der Waals surface area contributed by atoms with Gasteiger partial charge in [0.1, 0.15) is 5.82 Å². The zero-order valence-electron chi connectivity index (χ0n) is 23.1. The molecule has 0 atom stereocenters. The van der Waals surface area contributed by atoms with Crippen molar-refractivity contribution in [1.82, 2.24) is 15.2 Å². The number of anilines is 4. The number of ether oxygens (including phenoxy) is 1. The summed E-state index contributed by atoms with van der Waals surface area (Å²) in [6, 6.07) is 16.9. The minimum atomic E-state index is -0.473. The maximum atomic E-state index is 15.2. The molecule has 9 nitrogen and oxygen atoms in total. The van der Waals surface area contributed by atoms with Gasteiger partial charge in [0.15, 0.2) is 0 Å². The van der Waals surface area contributed by atoms with E-state index in [-0.39, 0.29) is 12.2 Å². The third-order valence-electron chi connectivity index (χ3n) is 8.24. The van der Waals surface area contributed by atoms with Crippen LogP contribution in [0.15, 0.2) is 60.8 Å². The van der Waals surface area contributed by atoms with Gasteiger partial charge in [0.2, 0.25) is 5.95 Å². The highest BCUT2D eigenvalue weighted by atomic mass is 19.1. The number of aliphatic hydroxyl groups is 1. The lowest BCUT2D eigenvalue weighted by Gasteiger charge is -2.31. The van der Waals surface area contributed by atoms with Crippen LogP contribution in [0.3, 0.4) is 0 Å². The molecule has 1 aliphatic carbocycles. The van der Waals surface area contributed by atoms with E-state index in [1.54, 1.807) is 17.0 Å². The highest BCUT2D eigenvalue weighted by molar-refractivity contribution is 6.09. The second kappa shape index (κ2) is 11.1. The molecule has 3 heterocycles. The molecule has 0 unspecified atom stereocenters. The summed E-state index contributed by atoms with van der Waals surface area (Å²) in [6.45, 7) is 3.23. The standard InChI is InChI=1S/C32H31FN6O3/c33-27-17-22(20-4-5-20)16-21-10-11-39(31(41)30(21)27)29-3-1-2-25(26(29)19-40)28-18-34-37-32(36-28)35-23-6-8-24(9-7-23)38-12-14-42-15-13-38/h1-3,6-9,16-18,20,40H,4-5,10-15,19H2,(H,35,36,37). The van der Waals surface area contributed by atoms with Crippen LogP contribution in [0.25, 0.3) is 11.3 Å². The fourth-order valence-corrected chi connectivity index (χ4v) is 5.90. The van der Waals surface area contributed by atoms with E-state index in [2.05, 4.69) is 25.4 Å². The second-order valence-corrected chi connectivity index (χ2v) is 10.9. The van der Waals surface area contributed by atoms with Gasteiger partial charge in [0.05, 0.1) is 43.0 Å². The van der Waals surface area contributed by atoms with Gasteiger partial charge >= 0.3 is 0 Å². The number of morpholine rings is 1. The molecular weight excluding hydrogens is 535 g/mol. The van der Waals surface area contributed by atoms with Crippen LogP contribution in [-0.2, 0) is 17.8 Å². The molecule has 2 aliphatic heterocycles. The van der Waals surface area contributed by atoms with Crippen molar-refractivity contribution in [1.29, 1.82) is 0 Å². The number of halogens is 1. The zero-order chi connectivity index (χ0) is 28.6. The van der Waals surface area contributed by atoms with Crippen LogP contribution in [-0.4, -0.2) is 59.0 Å². The Morgan fingerprint density at radius 2 is 1.86 bits per heavy atom. The van der Waals surface area contributed by atoms with E-state index in [1.807, 2.05) is 36.4 Å². The van der Waals surface area contributed by atoms with Crippen LogP contribution >= 0.6 is 0 Å². The topological polar surface area (TPSA) is 104 Å². The number of hydrogen-bond donors (Lipinski definition) is 2. The van der Waals surface area contributed by atoms with Crippen molar-refractivity contribution in [3.8, 4) is 11.3 Å². The number of nitrogens with zero attached hydrogens (tertiary/aromatic N) is 5. The summed E-state index contributed by atoms with van der Waals surface area (Å²) in [6.07, 6.45) is 4.21. The molecule has 1 amide bonds. The van der Waals surface area contributed by atoms with Crippen LogP contribution in [0.2, 0.25) is 0 Å². The van der Waals surface area contributed by atoms with Gasteiger partial charge in [0, 0.05) is 42.1 Å². The summed E-state index contributed by atoms with van der Waals surface area (Å²) < 4.78 is 20.6. The monoisotopic (exact) mass is 566 g/mol. The second-order valence-electron chi connectivity index (χ2n) is 10.9. The van der Waals surface area contributed by atoms with E-state index >= 15 is 4.39 Å². The van der Waals surface area contributed by atoms with Gasteiger partial charge in [-0.3, -0.25) is 4.79 Å². The molecule has 0 radical (unpaired) electrons. The summed E-state index contributed by atoms with van der Waals surface area (Å²) in [4.78, 5) is 22.1. The van der Waals surface area contributed by atoms with Crippen LogP contribution in [0.5, 0.6) is 0 Å². The molecule has 3 aliphatic rings. The van der Waals surface area contributed by atoms with E-state index in [0.717, 1.165) is 61.6 Å². The molecule has 0 spiro atoms. The SMILES string of the molecule is O=C1c2c(F)cc(C3CC3)cc2CCN1c1cccc(-c2cnnc(Nc3ccc(N4CCOCC4)cc3)n2)c1CO. The first kappa shape index (κ1) is 26.5. The Hall–Kier alpha value is -4.41. The minimum absolute atomic E-state index is 0.120. The Kier molecular flexibility index (Phi) is 7.01. The molecule has 0 bridgehead atoms. The van der Waals surface area contributed by atoms with Crippen molar-refractivity contribution in [3.63, 3.8) is 0 Å². The molecule has 4 aromatic rings. The highest BCUT2D eigenvalue weighted by Gasteiger charge is 2.33. The number of benzene rings is 3. The number of amides is 1. The van der Waals surface area contributed by atoms with Gasteiger partial charge in [-0.15, -0.1) is 5.10 Å². The van der Waals surface area contributed by atoms with E-state index in [0.29, 0.717) is 47.3 Å². The van der Waals surface area contributed by atoms with Crippen molar-refractivity contribution < 1.29 is 19.0 Å². The van der Waals surface area contributed by atoms with E-state index < -0.39 is 11.7 Å². The fourth-order valence-electron chi connectivity index (χ4n) is 5.90. The largest absolute Gasteiger partial charge is 0.392 e. The minimum Gasteiger partial charge on any atom is -0.392 e. The number of fused-ring (bicyclic) bond motifs is 1. The molecule has 1 saturated carbocycles. The van der Waals surface area contributed by atoms with Crippen LogP contribution in [0.1, 0.15) is 45.8 Å². The van der Waals surface area contributed by atoms with Crippen molar-refractivity contribution in [3.05, 3.63) is 88.9 Å². The van der Waals surface area contributed by atoms with Crippen LogP contribution < -0.4 is 15.1 Å². The zero-order valence-corrected chi connectivity index (χ0v) is 23.1. The Morgan fingerprint density at radius 3 is 2.62 bits per heavy atom. The predicted molar refractivity (Wildman–Crippen MR) is 158 cm³/mol.